The zero-order chi connectivity index (χ0) is 14.5. The van der Waals surface area contributed by atoms with Crippen LogP contribution in [-0.2, 0) is 6.54 Å². The lowest BCUT2D eigenvalue weighted by Gasteiger charge is -2.19. The highest BCUT2D eigenvalue weighted by molar-refractivity contribution is 7.07. The van der Waals surface area contributed by atoms with Crippen molar-refractivity contribution in [2.45, 2.75) is 20.4 Å². The lowest BCUT2D eigenvalue weighted by atomic mass is 10.1. The second-order valence-corrected chi connectivity index (χ2v) is 5.65. The van der Waals surface area contributed by atoms with Crippen molar-refractivity contribution >= 4 is 22.9 Å². The number of rotatable bonds is 5. The van der Waals surface area contributed by atoms with E-state index in [2.05, 4.69) is 16.8 Å². The molecule has 4 heteroatoms. The molecule has 2 rings (SSSR count). The van der Waals surface area contributed by atoms with Gasteiger partial charge in [0.25, 0.3) is 5.91 Å². The number of carbonyl (C=O) groups is 1. The number of hydrogen-bond acceptors (Lipinski definition) is 3. The van der Waals surface area contributed by atoms with E-state index in [0.29, 0.717) is 6.54 Å². The van der Waals surface area contributed by atoms with Gasteiger partial charge in [0.2, 0.25) is 0 Å². The van der Waals surface area contributed by atoms with E-state index in [1.54, 1.807) is 16.2 Å². The van der Waals surface area contributed by atoms with Crippen molar-refractivity contribution in [3.8, 4) is 0 Å². The highest BCUT2D eigenvalue weighted by atomic mass is 32.1. The Kier molecular flexibility index (Phi) is 4.79. The number of amides is 1. The summed E-state index contributed by atoms with van der Waals surface area (Å²) in [5, 5.41) is 7.37. The second kappa shape index (κ2) is 6.57. The highest BCUT2D eigenvalue weighted by Crippen LogP contribution is 2.20. The van der Waals surface area contributed by atoms with Crippen molar-refractivity contribution in [1.29, 1.82) is 0 Å². The predicted octanol–water partition coefficient (Wildman–Crippen LogP) is 3.76. The molecule has 3 nitrogen and oxygen atoms in total. The lowest BCUT2D eigenvalue weighted by molar-refractivity contribution is 0.0786. The van der Waals surface area contributed by atoms with E-state index in [1.807, 2.05) is 44.5 Å². The molecule has 0 spiro atoms. The van der Waals surface area contributed by atoms with E-state index in [-0.39, 0.29) is 5.91 Å². The predicted molar refractivity (Wildman–Crippen MR) is 85.5 cm³/mol. The first kappa shape index (κ1) is 14.6. The molecule has 0 aliphatic carbocycles. The lowest BCUT2D eigenvalue weighted by Crippen LogP contribution is -2.27. The maximum Gasteiger partial charge on any atom is 0.255 e. The minimum absolute atomic E-state index is 0.0483. The highest BCUT2D eigenvalue weighted by Gasteiger charge is 2.16. The number of anilines is 1. The number of thiophene rings is 1. The van der Waals surface area contributed by atoms with E-state index in [1.165, 1.54) is 5.56 Å². The van der Waals surface area contributed by atoms with Crippen molar-refractivity contribution in [3.63, 3.8) is 0 Å². The fourth-order valence-electron chi connectivity index (χ4n) is 2.12. The van der Waals surface area contributed by atoms with Crippen LogP contribution in [0, 0.1) is 6.92 Å². The average Bonchev–Trinajstić information content (AvgIpc) is 2.91. The first-order chi connectivity index (χ1) is 9.61. The summed E-state index contributed by atoms with van der Waals surface area (Å²) in [5.74, 6) is 0.0483. The standard InChI is InChI=1S/C16H20N2OS/c1-4-17-15-9-12(2)5-6-14(15)16(19)18(3)10-13-7-8-20-11-13/h5-9,11,17H,4,10H2,1-3H3. The van der Waals surface area contributed by atoms with Gasteiger partial charge < -0.3 is 10.2 Å². The molecule has 20 heavy (non-hydrogen) atoms. The number of aryl methyl sites for hydroxylation is 1. The first-order valence-electron chi connectivity index (χ1n) is 6.73. The van der Waals surface area contributed by atoms with Crippen molar-refractivity contribution in [2.24, 2.45) is 0 Å². The van der Waals surface area contributed by atoms with Crippen LogP contribution in [0.25, 0.3) is 0 Å². The van der Waals surface area contributed by atoms with Crippen LogP contribution in [0.15, 0.2) is 35.0 Å². The van der Waals surface area contributed by atoms with E-state index < -0.39 is 0 Å². The number of nitrogens with zero attached hydrogens (tertiary/aromatic N) is 1. The third kappa shape index (κ3) is 3.39. The molecule has 0 saturated carbocycles. The zero-order valence-corrected chi connectivity index (χ0v) is 13.0. The topological polar surface area (TPSA) is 32.3 Å². The summed E-state index contributed by atoms with van der Waals surface area (Å²) in [6.45, 7) is 5.51. The molecule has 0 aliphatic heterocycles. The summed E-state index contributed by atoms with van der Waals surface area (Å²) in [5.41, 5.74) is 3.96. The van der Waals surface area contributed by atoms with Gasteiger partial charge in [-0.15, -0.1) is 0 Å². The van der Waals surface area contributed by atoms with E-state index in [4.69, 9.17) is 0 Å². The van der Waals surface area contributed by atoms with Gasteiger partial charge in [-0.3, -0.25) is 4.79 Å². The molecule has 0 atom stereocenters. The Morgan fingerprint density at radius 2 is 2.15 bits per heavy atom. The van der Waals surface area contributed by atoms with Gasteiger partial charge in [0.15, 0.2) is 0 Å². The number of benzene rings is 1. The average molecular weight is 288 g/mol. The molecule has 0 unspecified atom stereocenters. The van der Waals surface area contributed by atoms with Crippen molar-refractivity contribution < 1.29 is 4.79 Å². The SMILES string of the molecule is CCNc1cc(C)ccc1C(=O)N(C)Cc1ccsc1. The van der Waals surface area contributed by atoms with Gasteiger partial charge in [0.1, 0.15) is 0 Å². The van der Waals surface area contributed by atoms with Crippen LogP contribution in [0.5, 0.6) is 0 Å². The summed E-state index contributed by atoms with van der Waals surface area (Å²) in [7, 11) is 1.84. The molecule has 1 amide bonds. The molecule has 1 aromatic heterocycles. The third-order valence-corrected chi connectivity index (χ3v) is 3.85. The van der Waals surface area contributed by atoms with Gasteiger partial charge in [-0.1, -0.05) is 6.07 Å². The van der Waals surface area contributed by atoms with Gasteiger partial charge in [-0.2, -0.15) is 11.3 Å². The van der Waals surface area contributed by atoms with Crippen LogP contribution < -0.4 is 5.32 Å². The number of carbonyl (C=O) groups excluding carboxylic acids is 1. The number of nitrogens with one attached hydrogen (secondary N) is 1. The van der Waals surface area contributed by atoms with Crippen molar-refractivity contribution in [2.75, 3.05) is 18.9 Å². The molecular formula is C16H20N2OS. The summed E-state index contributed by atoms with van der Waals surface area (Å²) in [4.78, 5) is 14.3. The second-order valence-electron chi connectivity index (χ2n) is 4.87. The Balaban J connectivity index is 2.19. The maximum absolute atomic E-state index is 12.6. The minimum Gasteiger partial charge on any atom is -0.385 e. The normalized spacial score (nSPS) is 10.3. The molecule has 0 saturated heterocycles. The van der Waals surface area contributed by atoms with Crippen LogP contribution in [0.4, 0.5) is 5.69 Å². The van der Waals surface area contributed by atoms with Gasteiger partial charge in [0.05, 0.1) is 5.56 Å². The monoisotopic (exact) mass is 288 g/mol. The van der Waals surface area contributed by atoms with Gasteiger partial charge >= 0.3 is 0 Å². The maximum atomic E-state index is 12.6. The Bertz CT molecular complexity index is 578. The molecule has 0 radical (unpaired) electrons. The Morgan fingerprint density at radius 3 is 2.80 bits per heavy atom. The van der Waals surface area contributed by atoms with Crippen molar-refractivity contribution in [1.82, 2.24) is 4.90 Å². The van der Waals surface area contributed by atoms with Crippen LogP contribution in [0.2, 0.25) is 0 Å². The Hall–Kier alpha value is -1.81. The van der Waals surface area contributed by atoms with E-state index in [0.717, 1.165) is 23.4 Å². The summed E-state index contributed by atoms with van der Waals surface area (Å²) >= 11 is 1.65. The summed E-state index contributed by atoms with van der Waals surface area (Å²) in [6.07, 6.45) is 0. The van der Waals surface area contributed by atoms with E-state index in [9.17, 15) is 4.79 Å². The van der Waals surface area contributed by atoms with Gasteiger partial charge in [0, 0.05) is 25.8 Å². The molecule has 2 aromatic rings. The van der Waals surface area contributed by atoms with Crippen molar-refractivity contribution in [3.05, 3.63) is 51.7 Å². The van der Waals surface area contributed by atoms with E-state index >= 15 is 0 Å². The third-order valence-electron chi connectivity index (χ3n) is 3.12. The molecule has 106 valence electrons. The Morgan fingerprint density at radius 1 is 1.35 bits per heavy atom. The van der Waals surface area contributed by atoms with Gasteiger partial charge in [-0.25, -0.2) is 0 Å². The molecular weight excluding hydrogens is 268 g/mol. The fraction of sp³-hybridized carbons (Fsp3) is 0.312. The summed E-state index contributed by atoms with van der Waals surface area (Å²) < 4.78 is 0. The molecule has 0 fully saturated rings. The molecule has 0 aliphatic rings. The fourth-order valence-corrected chi connectivity index (χ4v) is 2.78. The Labute approximate surface area is 124 Å². The molecule has 1 aromatic carbocycles. The minimum atomic E-state index is 0.0483. The quantitative estimate of drug-likeness (QED) is 0.908. The van der Waals surface area contributed by atoms with Crippen LogP contribution >= 0.6 is 11.3 Å². The smallest absolute Gasteiger partial charge is 0.255 e. The van der Waals surface area contributed by atoms with Crippen LogP contribution in [0.3, 0.4) is 0 Å². The van der Waals surface area contributed by atoms with Crippen LogP contribution in [0.1, 0.15) is 28.4 Å². The molecule has 0 bridgehead atoms. The molecule has 1 heterocycles. The first-order valence-corrected chi connectivity index (χ1v) is 7.67. The number of hydrogen-bond donors (Lipinski definition) is 1. The summed E-state index contributed by atoms with van der Waals surface area (Å²) in [6, 6.07) is 7.95. The molecule has 1 N–H and O–H groups in total. The zero-order valence-electron chi connectivity index (χ0n) is 12.1. The van der Waals surface area contributed by atoms with Crippen LogP contribution in [-0.4, -0.2) is 24.4 Å². The largest absolute Gasteiger partial charge is 0.385 e. The van der Waals surface area contributed by atoms with Gasteiger partial charge in [-0.05, 0) is 53.9 Å².